The van der Waals surface area contributed by atoms with Crippen molar-refractivity contribution in [2.45, 2.75) is 32.9 Å². The van der Waals surface area contributed by atoms with Gasteiger partial charge < -0.3 is 14.3 Å². The van der Waals surface area contributed by atoms with Crippen molar-refractivity contribution in [2.24, 2.45) is 0 Å². The van der Waals surface area contributed by atoms with Gasteiger partial charge in [0.1, 0.15) is 11.4 Å². The summed E-state index contributed by atoms with van der Waals surface area (Å²) in [5.41, 5.74) is 0.760. The highest BCUT2D eigenvalue weighted by atomic mass is 16.6. The molecule has 1 aromatic carbocycles. The Labute approximate surface area is 113 Å². The van der Waals surface area contributed by atoms with Crippen LogP contribution in [0.3, 0.4) is 0 Å². The van der Waals surface area contributed by atoms with Crippen molar-refractivity contribution in [2.75, 3.05) is 12.4 Å². The van der Waals surface area contributed by atoms with Crippen LogP contribution in [0.15, 0.2) is 18.2 Å². The first-order valence-electron chi connectivity index (χ1n) is 5.86. The number of anilines is 1. The van der Waals surface area contributed by atoms with Crippen molar-refractivity contribution < 1.29 is 14.3 Å². The summed E-state index contributed by atoms with van der Waals surface area (Å²) in [7, 11) is 1.55. The number of carbonyl (C=O) groups is 1. The molecule has 0 aromatic heterocycles. The Kier molecular flexibility index (Phi) is 4.76. The summed E-state index contributed by atoms with van der Waals surface area (Å²) in [4.78, 5) is 14.9. The predicted molar refractivity (Wildman–Crippen MR) is 73.2 cm³/mol. The quantitative estimate of drug-likeness (QED) is 0.849. The lowest BCUT2D eigenvalue weighted by atomic mass is 10.1. The molecule has 0 aliphatic rings. The van der Waals surface area contributed by atoms with Crippen LogP contribution in [0.4, 0.5) is 10.5 Å². The first-order chi connectivity index (χ1) is 8.85. The first kappa shape index (κ1) is 14.8. The van der Waals surface area contributed by atoms with E-state index in [1.165, 1.54) is 0 Å². The Balaban J connectivity index is 2.83. The second kappa shape index (κ2) is 6.10. The van der Waals surface area contributed by atoms with Crippen molar-refractivity contribution in [1.82, 2.24) is 0 Å². The lowest BCUT2D eigenvalue weighted by Gasteiger charge is -2.19. The van der Waals surface area contributed by atoms with E-state index in [1.54, 1.807) is 46.1 Å². The molecule has 0 saturated carbocycles. The molecule has 1 amide bonds. The van der Waals surface area contributed by atoms with Crippen LogP contribution in [0.1, 0.15) is 26.3 Å². The maximum absolute atomic E-state index is 11.6. The summed E-state index contributed by atoms with van der Waals surface area (Å²) >= 11 is 0. The molecule has 0 aliphatic carbocycles. The minimum absolute atomic E-state index is 0.201. The fraction of sp³-hybridized carbons (Fsp3) is 0.429. The summed E-state index contributed by atoms with van der Waals surface area (Å²) < 4.78 is 10.3. The van der Waals surface area contributed by atoms with Gasteiger partial charge in [0.05, 0.1) is 12.7 Å². The van der Waals surface area contributed by atoms with Crippen LogP contribution in [0.2, 0.25) is 0 Å². The van der Waals surface area contributed by atoms with Crippen LogP contribution in [-0.4, -0.2) is 18.8 Å². The standard InChI is InChI=1S/C14H18N2O3/c1-14(2,3)19-13(17)16-11-6-7-12(18-5)10(8-11)9-15-4/h6-8H,9H2,1-3,5H3,(H,16,17). The molecular weight excluding hydrogens is 244 g/mol. The number of methoxy groups -OCH3 is 1. The highest BCUT2D eigenvalue weighted by Gasteiger charge is 2.16. The zero-order valence-corrected chi connectivity index (χ0v) is 11.6. The molecule has 5 nitrogen and oxygen atoms in total. The van der Waals surface area contributed by atoms with Crippen molar-refractivity contribution in [3.8, 4) is 5.75 Å². The maximum Gasteiger partial charge on any atom is 0.412 e. The van der Waals surface area contributed by atoms with Crippen LogP contribution in [0.5, 0.6) is 5.75 Å². The largest absolute Gasteiger partial charge is 0.496 e. The predicted octanol–water partition coefficient (Wildman–Crippen LogP) is 3.46. The molecule has 0 aliphatic heterocycles. The van der Waals surface area contributed by atoms with Crippen LogP contribution in [-0.2, 0) is 11.3 Å². The van der Waals surface area contributed by atoms with Gasteiger partial charge in [-0.05, 0) is 39.0 Å². The van der Waals surface area contributed by atoms with Gasteiger partial charge in [0.2, 0.25) is 6.54 Å². The average molecular weight is 262 g/mol. The third kappa shape index (κ3) is 4.88. The van der Waals surface area contributed by atoms with Crippen LogP contribution in [0.25, 0.3) is 4.85 Å². The van der Waals surface area contributed by atoms with E-state index in [2.05, 4.69) is 10.2 Å². The number of hydrogen-bond acceptors (Lipinski definition) is 3. The number of nitrogens with zero attached hydrogens (tertiary/aromatic N) is 1. The van der Waals surface area contributed by atoms with Gasteiger partial charge in [-0.2, -0.15) is 0 Å². The van der Waals surface area contributed by atoms with Crippen LogP contribution in [0, 0.1) is 6.57 Å². The van der Waals surface area contributed by atoms with E-state index in [9.17, 15) is 4.79 Å². The number of hydrogen-bond donors (Lipinski definition) is 1. The Bertz CT molecular complexity index is 498. The normalized spacial score (nSPS) is 10.5. The van der Waals surface area contributed by atoms with Gasteiger partial charge in [-0.25, -0.2) is 11.4 Å². The molecule has 1 N–H and O–H groups in total. The molecule has 0 unspecified atom stereocenters. The van der Waals surface area contributed by atoms with E-state index in [0.29, 0.717) is 11.4 Å². The number of amides is 1. The third-order valence-electron chi connectivity index (χ3n) is 2.18. The lowest BCUT2D eigenvalue weighted by Crippen LogP contribution is -2.27. The number of rotatable bonds is 3. The molecule has 5 heteroatoms. The van der Waals surface area contributed by atoms with Gasteiger partial charge in [0, 0.05) is 5.69 Å². The van der Waals surface area contributed by atoms with E-state index in [-0.39, 0.29) is 6.54 Å². The molecular formula is C14H18N2O3. The molecule has 1 rings (SSSR count). The average Bonchev–Trinajstić information content (AvgIpc) is 2.27. The number of benzene rings is 1. The Hall–Kier alpha value is -2.22. The van der Waals surface area contributed by atoms with Gasteiger partial charge in [-0.15, -0.1) is 0 Å². The van der Waals surface area contributed by atoms with Gasteiger partial charge in [0.15, 0.2) is 0 Å². The van der Waals surface area contributed by atoms with Crippen molar-refractivity contribution >= 4 is 11.8 Å². The smallest absolute Gasteiger partial charge is 0.412 e. The Morgan fingerprint density at radius 1 is 1.42 bits per heavy atom. The van der Waals surface area contributed by atoms with Gasteiger partial charge in [-0.1, -0.05) is 0 Å². The Morgan fingerprint density at radius 3 is 2.63 bits per heavy atom. The molecule has 19 heavy (non-hydrogen) atoms. The van der Waals surface area contributed by atoms with Gasteiger partial charge in [-0.3, -0.25) is 5.32 Å². The summed E-state index contributed by atoms with van der Waals surface area (Å²) in [5, 5.41) is 2.63. The summed E-state index contributed by atoms with van der Waals surface area (Å²) in [6, 6.07) is 5.13. The molecule has 1 aromatic rings. The Morgan fingerprint density at radius 2 is 2.11 bits per heavy atom. The monoisotopic (exact) mass is 262 g/mol. The lowest BCUT2D eigenvalue weighted by molar-refractivity contribution is 0.0636. The van der Waals surface area contributed by atoms with E-state index >= 15 is 0 Å². The van der Waals surface area contributed by atoms with Crippen LogP contribution < -0.4 is 10.1 Å². The minimum atomic E-state index is -0.546. The molecule has 0 spiro atoms. The topological polar surface area (TPSA) is 51.9 Å². The zero-order valence-electron chi connectivity index (χ0n) is 11.6. The maximum atomic E-state index is 11.6. The molecule has 0 atom stereocenters. The second-order valence-corrected chi connectivity index (χ2v) is 4.97. The number of nitrogens with one attached hydrogen (secondary N) is 1. The minimum Gasteiger partial charge on any atom is -0.496 e. The molecule has 102 valence electrons. The fourth-order valence-corrected chi connectivity index (χ4v) is 1.49. The van der Waals surface area contributed by atoms with Crippen molar-refractivity contribution in [1.29, 1.82) is 0 Å². The molecule has 0 saturated heterocycles. The van der Waals surface area contributed by atoms with E-state index in [1.807, 2.05) is 0 Å². The highest BCUT2D eigenvalue weighted by Crippen LogP contribution is 2.23. The van der Waals surface area contributed by atoms with E-state index < -0.39 is 11.7 Å². The van der Waals surface area contributed by atoms with Crippen molar-refractivity contribution in [3.05, 3.63) is 35.2 Å². The molecule has 0 radical (unpaired) electrons. The number of ether oxygens (including phenoxy) is 2. The van der Waals surface area contributed by atoms with E-state index in [0.717, 1.165) is 5.56 Å². The molecule has 0 fully saturated rings. The van der Waals surface area contributed by atoms with Crippen molar-refractivity contribution in [3.63, 3.8) is 0 Å². The number of carbonyl (C=O) groups excluding carboxylic acids is 1. The molecule has 0 bridgehead atoms. The summed E-state index contributed by atoms with van der Waals surface area (Å²) in [5.74, 6) is 0.630. The summed E-state index contributed by atoms with van der Waals surface area (Å²) in [6.45, 7) is 12.5. The SMILES string of the molecule is [C-]#[N+]Cc1cc(NC(=O)OC(C)(C)C)ccc1OC. The molecule has 0 heterocycles. The van der Waals surface area contributed by atoms with Crippen LogP contribution >= 0.6 is 0 Å². The van der Waals surface area contributed by atoms with Gasteiger partial charge >= 0.3 is 6.09 Å². The third-order valence-corrected chi connectivity index (χ3v) is 2.18. The summed E-state index contributed by atoms with van der Waals surface area (Å²) in [6.07, 6.45) is -0.522. The zero-order chi connectivity index (χ0) is 14.5. The first-order valence-corrected chi connectivity index (χ1v) is 5.86. The fourth-order valence-electron chi connectivity index (χ4n) is 1.49. The second-order valence-electron chi connectivity index (χ2n) is 4.97. The highest BCUT2D eigenvalue weighted by molar-refractivity contribution is 5.85. The van der Waals surface area contributed by atoms with E-state index in [4.69, 9.17) is 16.0 Å². The van der Waals surface area contributed by atoms with Gasteiger partial charge in [0.25, 0.3) is 0 Å².